The summed E-state index contributed by atoms with van der Waals surface area (Å²) in [4.78, 5) is 2.37. The van der Waals surface area contributed by atoms with Crippen LogP contribution >= 0.6 is 0 Å². The molecule has 0 spiro atoms. The Balaban J connectivity index is 0.987. The average Bonchev–Trinajstić information content (AvgIpc) is 3.65. The number of hydrogen-bond donors (Lipinski definition) is 0. The summed E-state index contributed by atoms with van der Waals surface area (Å²) in [5, 5.41) is 6.09. The monoisotopic (exact) mass is 689 g/mol. The second-order valence-electron chi connectivity index (χ2n) is 13.7. The Hall–Kier alpha value is -7.16. The molecule has 0 radical (unpaired) electrons. The van der Waals surface area contributed by atoms with E-state index in [1.165, 1.54) is 32.7 Å². The predicted molar refractivity (Wildman–Crippen MR) is 228 cm³/mol. The van der Waals surface area contributed by atoms with Crippen LogP contribution in [0.4, 0.5) is 17.1 Å². The summed E-state index contributed by atoms with van der Waals surface area (Å²) >= 11 is 0. The lowest BCUT2D eigenvalue weighted by Gasteiger charge is -2.27. The van der Waals surface area contributed by atoms with E-state index < -0.39 is 0 Å². The van der Waals surface area contributed by atoms with Crippen LogP contribution in [0.25, 0.3) is 77.2 Å². The van der Waals surface area contributed by atoms with Gasteiger partial charge in [-0.3, -0.25) is 0 Å². The van der Waals surface area contributed by atoms with Gasteiger partial charge in [0.15, 0.2) is 0 Å². The van der Waals surface area contributed by atoms with Crippen molar-refractivity contribution in [3.8, 4) is 44.7 Å². The zero-order valence-electron chi connectivity index (χ0n) is 29.6. The van der Waals surface area contributed by atoms with Crippen LogP contribution in [0, 0.1) is 0 Å². The summed E-state index contributed by atoms with van der Waals surface area (Å²) < 4.78 is 6.53. The van der Waals surface area contributed by atoms with Gasteiger partial charge in [0.1, 0.15) is 11.3 Å². The minimum atomic E-state index is 0.891. The molecule has 0 saturated heterocycles. The molecule has 10 rings (SSSR count). The molecule has 0 N–H and O–H groups in total. The van der Waals surface area contributed by atoms with Gasteiger partial charge in [0.05, 0.1) is 5.69 Å². The number of furan rings is 1. The maximum Gasteiger partial charge on any atom is 0.143 e. The lowest BCUT2D eigenvalue weighted by molar-refractivity contribution is 0.632. The number of anilines is 3. The maximum absolute atomic E-state index is 6.53. The highest BCUT2D eigenvalue weighted by molar-refractivity contribution is 6.14. The van der Waals surface area contributed by atoms with Crippen LogP contribution in [0.15, 0.2) is 217 Å². The van der Waals surface area contributed by atoms with Crippen molar-refractivity contribution in [2.45, 2.75) is 0 Å². The fourth-order valence-electron chi connectivity index (χ4n) is 7.86. The van der Waals surface area contributed by atoms with E-state index >= 15 is 0 Å². The van der Waals surface area contributed by atoms with E-state index in [0.29, 0.717) is 0 Å². The van der Waals surface area contributed by atoms with Crippen LogP contribution in [0.1, 0.15) is 0 Å². The van der Waals surface area contributed by atoms with Gasteiger partial charge in [-0.05, 0) is 86.4 Å². The van der Waals surface area contributed by atoms with Gasteiger partial charge in [-0.25, -0.2) is 0 Å². The van der Waals surface area contributed by atoms with Gasteiger partial charge in [-0.1, -0.05) is 170 Å². The third-order valence-electron chi connectivity index (χ3n) is 10.5. The SMILES string of the molecule is c1ccc(-c2c(-c3cccc(-c4ccc(-c5ccc(N(c6ccccc6)c6cc7ccccc7c7ccccc67)cc5)cc4)c3)oc3ccccc23)cc1. The molecule has 10 aromatic rings. The van der Waals surface area contributed by atoms with Gasteiger partial charge >= 0.3 is 0 Å². The molecule has 2 nitrogen and oxygen atoms in total. The normalized spacial score (nSPS) is 11.3. The van der Waals surface area contributed by atoms with Gasteiger partial charge in [0.25, 0.3) is 0 Å². The first kappa shape index (κ1) is 31.6. The van der Waals surface area contributed by atoms with Crippen molar-refractivity contribution in [1.29, 1.82) is 0 Å². The van der Waals surface area contributed by atoms with Crippen molar-refractivity contribution in [2.24, 2.45) is 0 Å². The van der Waals surface area contributed by atoms with Crippen LogP contribution in [0.5, 0.6) is 0 Å². The summed E-state index contributed by atoms with van der Waals surface area (Å²) in [5.41, 5.74) is 12.3. The molecule has 1 aromatic heterocycles. The Morgan fingerprint density at radius 1 is 0.315 bits per heavy atom. The first-order chi connectivity index (χ1) is 26.8. The van der Waals surface area contributed by atoms with E-state index in [1.54, 1.807) is 0 Å². The minimum absolute atomic E-state index is 0.891. The molecular formula is C52H35NO. The summed E-state index contributed by atoms with van der Waals surface area (Å²) in [5.74, 6) is 0.891. The van der Waals surface area contributed by atoms with Crippen molar-refractivity contribution >= 4 is 49.6 Å². The molecule has 0 aliphatic heterocycles. The molecule has 54 heavy (non-hydrogen) atoms. The van der Waals surface area contributed by atoms with Crippen LogP contribution in [-0.4, -0.2) is 0 Å². The largest absolute Gasteiger partial charge is 0.455 e. The highest BCUT2D eigenvalue weighted by Gasteiger charge is 2.19. The molecule has 0 aliphatic carbocycles. The molecule has 2 heteroatoms. The molecule has 254 valence electrons. The smallest absolute Gasteiger partial charge is 0.143 e. The molecule has 0 saturated carbocycles. The Kier molecular flexibility index (Phi) is 7.85. The van der Waals surface area contributed by atoms with Crippen molar-refractivity contribution < 1.29 is 4.42 Å². The third kappa shape index (κ3) is 5.62. The lowest BCUT2D eigenvalue weighted by atomic mass is 9.95. The lowest BCUT2D eigenvalue weighted by Crippen LogP contribution is -2.10. The topological polar surface area (TPSA) is 16.4 Å². The molecule has 0 atom stereocenters. The van der Waals surface area contributed by atoms with Crippen LogP contribution in [0.3, 0.4) is 0 Å². The summed E-state index contributed by atoms with van der Waals surface area (Å²) in [6.45, 7) is 0. The Bertz CT molecular complexity index is 2910. The molecule has 9 aromatic carbocycles. The van der Waals surface area contributed by atoms with Crippen LogP contribution in [-0.2, 0) is 0 Å². The third-order valence-corrected chi connectivity index (χ3v) is 10.5. The second kappa shape index (κ2) is 13.4. The van der Waals surface area contributed by atoms with Crippen LogP contribution < -0.4 is 4.90 Å². The van der Waals surface area contributed by atoms with Gasteiger partial charge < -0.3 is 9.32 Å². The Morgan fingerprint density at radius 2 is 0.833 bits per heavy atom. The van der Waals surface area contributed by atoms with E-state index in [0.717, 1.165) is 61.6 Å². The first-order valence-corrected chi connectivity index (χ1v) is 18.4. The van der Waals surface area contributed by atoms with Gasteiger partial charge in [0.2, 0.25) is 0 Å². The van der Waals surface area contributed by atoms with E-state index in [9.17, 15) is 0 Å². The molecule has 0 amide bonds. The second-order valence-corrected chi connectivity index (χ2v) is 13.7. The number of benzene rings is 9. The highest BCUT2D eigenvalue weighted by atomic mass is 16.3. The van der Waals surface area contributed by atoms with Gasteiger partial charge in [-0.2, -0.15) is 0 Å². The van der Waals surface area contributed by atoms with Gasteiger partial charge in [-0.15, -0.1) is 0 Å². The predicted octanol–water partition coefficient (Wildman–Crippen LogP) is 14.9. The maximum atomic E-state index is 6.53. The molecule has 0 bridgehead atoms. The summed E-state index contributed by atoms with van der Waals surface area (Å²) in [7, 11) is 0. The van der Waals surface area contributed by atoms with E-state index in [2.05, 4.69) is 205 Å². The minimum Gasteiger partial charge on any atom is -0.455 e. The molecule has 0 unspecified atom stereocenters. The molecule has 0 fully saturated rings. The quantitative estimate of drug-likeness (QED) is 0.155. The number of fused-ring (bicyclic) bond motifs is 4. The standard InChI is InChI=1S/C52H35NO/c1-3-14-39(15-4-1)51-48-24-11-12-25-50(48)54-52(51)42-18-13-17-40(34-42)38-28-26-36(27-29-38)37-30-32-44(33-31-37)53(43-19-5-2-6-20-43)49-35-41-16-7-8-21-45(41)46-22-9-10-23-47(46)49/h1-35H. The van der Waals surface area contributed by atoms with Crippen molar-refractivity contribution in [2.75, 3.05) is 4.90 Å². The van der Waals surface area contributed by atoms with E-state index in [4.69, 9.17) is 4.42 Å². The Morgan fingerprint density at radius 3 is 1.57 bits per heavy atom. The molecular weight excluding hydrogens is 655 g/mol. The van der Waals surface area contributed by atoms with E-state index in [-0.39, 0.29) is 0 Å². The molecule has 1 heterocycles. The average molecular weight is 690 g/mol. The first-order valence-electron chi connectivity index (χ1n) is 18.4. The van der Waals surface area contributed by atoms with Crippen LogP contribution in [0.2, 0.25) is 0 Å². The molecule has 0 aliphatic rings. The number of hydrogen-bond acceptors (Lipinski definition) is 2. The fourth-order valence-corrected chi connectivity index (χ4v) is 7.86. The van der Waals surface area contributed by atoms with Gasteiger partial charge in [0, 0.05) is 33.3 Å². The zero-order valence-corrected chi connectivity index (χ0v) is 29.6. The number of nitrogens with zero attached hydrogens (tertiary/aromatic N) is 1. The Labute approximate surface area is 314 Å². The number of para-hydroxylation sites is 2. The summed E-state index contributed by atoms with van der Waals surface area (Å²) in [6, 6.07) is 75.7. The van der Waals surface area contributed by atoms with Crippen molar-refractivity contribution in [3.05, 3.63) is 212 Å². The van der Waals surface area contributed by atoms with Crippen molar-refractivity contribution in [1.82, 2.24) is 0 Å². The number of rotatable bonds is 7. The highest BCUT2D eigenvalue weighted by Crippen LogP contribution is 2.44. The van der Waals surface area contributed by atoms with E-state index in [1.807, 2.05) is 12.1 Å². The zero-order chi connectivity index (χ0) is 35.8. The fraction of sp³-hybridized carbons (Fsp3) is 0. The van der Waals surface area contributed by atoms with Crippen molar-refractivity contribution in [3.63, 3.8) is 0 Å². The summed E-state index contributed by atoms with van der Waals surface area (Å²) in [6.07, 6.45) is 0.